The highest BCUT2D eigenvalue weighted by Crippen LogP contribution is 2.43. The van der Waals surface area contributed by atoms with Crippen LogP contribution in [0, 0.1) is 0 Å². The van der Waals surface area contributed by atoms with Crippen LogP contribution in [0.4, 0.5) is 11.5 Å². The van der Waals surface area contributed by atoms with Crippen molar-refractivity contribution < 1.29 is 0 Å². The topological polar surface area (TPSA) is 63.6 Å². The van der Waals surface area contributed by atoms with E-state index in [1.165, 1.54) is 18.4 Å². The molecule has 0 atom stereocenters. The van der Waals surface area contributed by atoms with Crippen molar-refractivity contribution in [1.82, 2.24) is 20.2 Å². The average molecular weight is 298 g/mol. The summed E-state index contributed by atoms with van der Waals surface area (Å²) < 4.78 is 0. The first-order chi connectivity index (χ1) is 10.3. The molecule has 1 N–H and O–H groups in total. The second-order valence-electron chi connectivity index (χ2n) is 5.11. The van der Waals surface area contributed by atoms with Gasteiger partial charge in [-0.25, -0.2) is 9.97 Å². The maximum absolute atomic E-state index is 5.81. The van der Waals surface area contributed by atoms with E-state index in [-0.39, 0.29) is 5.28 Å². The molecule has 1 saturated carbocycles. The smallest absolute Gasteiger partial charge is 0.224 e. The van der Waals surface area contributed by atoms with Gasteiger partial charge in [-0.1, -0.05) is 18.2 Å². The number of nitrogens with one attached hydrogen (secondary N) is 1. The van der Waals surface area contributed by atoms with Crippen LogP contribution in [0.2, 0.25) is 5.28 Å². The minimum atomic E-state index is 0.213. The molecule has 1 aliphatic carbocycles. The van der Waals surface area contributed by atoms with Crippen molar-refractivity contribution in [2.24, 2.45) is 0 Å². The van der Waals surface area contributed by atoms with E-state index < -0.39 is 0 Å². The van der Waals surface area contributed by atoms with Gasteiger partial charge < -0.3 is 5.32 Å². The van der Waals surface area contributed by atoms with Crippen LogP contribution in [0.25, 0.3) is 10.9 Å². The quantitative estimate of drug-likeness (QED) is 0.747. The van der Waals surface area contributed by atoms with Crippen molar-refractivity contribution in [3.05, 3.63) is 47.5 Å². The Morgan fingerprint density at radius 1 is 1.19 bits per heavy atom. The molecule has 0 spiro atoms. The van der Waals surface area contributed by atoms with Crippen LogP contribution < -0.4 is 5.32 Å². The van der Waals surface area contributed by atoms with Crippen molar-refractivity contribution in [2.45, 2.75) is 18.8 Å². The first-order valence-electron chi connectivity index (χ1n) is 6.81. The zero-order chi connectivity index (χ0) is 14.2. The van der Waals surface area contributed by atoms with Crippen molar-refractivity contribution in [3.8, 4) is 0 Å². The number of nitrogens with zero attached hydrogens (tertiary/aromatic N) is 4. The monoisotopic (exact) mass is 297 g/mol. The van der Waals surface area contributed by atoms with Crippen LogP contribution >= 0.6 is 11.6 Å². The SMILES string of the molecule is Clc1nccc(Nc2cnnc3c(C4CC4)cccc23)n1. The molecule has 0 saturated heterocycles. The second kappa shape index (κ2) is 4.93. The number of anilines is 2. The van der Waals surface area contributed by atoms with Crippen LogP contribution in [0.15, 0.2) is 36.7 Å². The summed E-state index contributed by atoms with van der Waals surface area (Å²) in [7, 11) is 0. The van der Waals surface area contributed by atoms with Gasteiger partial charge in [0.2, 0.25) is 5.28 Å². The number of hydrogen-bond donors (Lipinski definition) is 1. The average Bonchev–Trinajstić information content (AvgIpc) is 3.32. The first kappa shape index (κ1) is 12.5. The fraction of sp³-hybridized carbons (Fsp3) is 0.200. The Bertz CT molecular complexity index is 816. The fourth-order valence-corrected chi connectivity index (χ4v) is 2.62. The van der Waals surface area contributed by atoms with Gasteiger partial charge in [-0.05, 0) is 42.0 Å². The highest BCUT2D eigenvalue weighted by molar-refractivity contribution is 6.28. The summed E-state index contributed by atoms with van der Waals surface area (Å²) >= 11 is 5.81. The third kappa shape index (κ3) is 2.40. The Labute approximate surface area is 126 Å². The molecule has 104 valence electrons. The minimum Gasteiger partial charge on any atom is -0.338 e. The number of hydrogen-bond acceptors (Lipinski definition) is 5. The molecule has 3 aromatic rings. The number of halogens is 1. The summed E-state index contributed by atoms with van der Waals surface area (Å²) in [6, 6.07) is 8.01. The lowest BCUT2D eigenvalue weighted by molar-refractivity contribution is 1.05. The highest BCUT2D eigenvalue weighted by atomic mass is 35.5. The van der Waals surface area contributed by atoms with E-state index in [1.54, 1.807) is 18.5 Å². The summed E-state index contributed by atoms with van der Waals surface area (Å²) in [6.07, 6.45) is 5.79. The maximum Gasteiger partial charge on any atom is 0.224 e. The Morgan fingerprint density at radius 2 is 2.10 bits per heavy atom. The number of aromatic nitrogens is 4. The summed E-state index contributed by atoms with van der Waals surface area (Å²) in [5.41, 5.74) is 3.12. The van der Waals surface area contributed by atoms with Crippen LogP contribution in [0.1, 0.15) is 24.3 Å². The van der Waals surface area contributed by atoms with Gasteiger partial charge in [0, 0.05) is 11.6 Å². The van der Waals surface area contributed by atoms with Gasteiger partial charge in [0.1, 0.15) is 5.82 Å². The molecular weight excluding hydrogens is 286 g/mol. The van der Waals surface area contributed by atoms with Crippen LogP contribution in [-0.2, 0) is 0 Å². The molecule has 0 amide bonds. The molecule has 5 nitrogen and oxygen atoms in total. The van der Waals surface area contributed by atoms with Gasteiger partial charge in [-0.2, -0.15) is 10.2 Å². The number of benzene rings is 1. The third-order valence-corrected chi connectivity index (χ3v) is 3.79. The molecule has 0 aliphatic heterocycles. The molecule has 2 aromatic heterocycles. The Hall–Kier alpha value is -2.27. The maximum atomic E-state index is 5.81. The van der Waals surface area contributed by atoms with E-state index >= 15 is 0 Å². The lowest BCUT2D eigenvalue weighted by Gasteiger charge is -2.10. The zero-order valence-electron chi connectivity index (χ0n) is 11.1. The molecule has 1 aromatic carbocycles. The van der Waals surface area contributed by atoms with E-state index in [0.29, 0.717) is 11.7 Å². The largest absolute Gasteiger partial charge is 0.338 e. The Kier molecular flexibility index (Phi) is 2.93. The highest BCUT2D eigenvalue weighted by Gasteiger charge is 2.26. The van der Waals surface area contributed by atoms with E-state index in [4.69, 9.17) is 11.6 Å². The lowest BCUT2D eigenvalue weighted by Crippen LogP contribution is -1.98. The van der Waals surface area contributed by atoms with Crippen LogP contribution in [0.5, 0.6) is 0 Å². The summed E-state index contributed by atoms with van der Waals surface area (Å²) in [5.74, 6) is 1.27. The van der Waals surface area contributed by atoms with Crippen molar-refractivity contribution in [1.29, 1.82) is 0 Å². The van der Waals surface area contributed by atoms with E-state index in [2.05, 4.69) is 37.6 Å². The predicted molar refractivity (Wildman–Crippen MR) is 81.8 cm³/mol. The first-order valence-corrected chi connectivity index (χ1v) is 7.19. The Morgan fingerprint density at radius 3 is 2.90 bits per heavy atom. The zero-order valence-corrected chi connectivity index (χ0v) is 11.9. The summed E-state index contributed by atoms with van der Waals surface area (Å²) in [6.45, 7) is 0. The molecule has 21 heavy (non-hydrogen) atoms. The summed E-state index contributed by atoms with van der Waals surface area (Å²) in [5, 5.41) is 12.9. The predicted octanol–water partition coefficient (Wildman–Crippen LogP) is 3.69. The van der Waals surface area contributed by atoms with E-state index in [1.807, 2.05) is 6.07 Å². The van der Waals surface area contributed by atoms with Crippen molar-refractivity contribution in [2.75, 3.05) is 5.32 Å². The van der Waals surface area contributed by atoms with Gasteiger partial charge in [-0.3, -0.25) is 0 Å². The van der Waals surface area contributed by atoms with Gasteiger partial charge in [0.05, 0.1) is 17.4 Å². The lowest BCUT2D eigenvalue weighted by atomic mass is 10.1. The molecule has 1 fully saturated rings. The molecule has 0 unspecified atom stereocenters. The normalized spacial score (nSPS) is 14.3. The number of rotatable bonds is 3. The van der Waals surface area contributed by atoms with Crippen molar-refractivity contribution in [3.63, 3.8) is 0 Å². The van der Waals surface area contributed by atoms with E-state index in [9.17, 15) is 0 Å². The van der Waals surface area contributed by atoms with Crippen molar-refractivity contribution >= 4 is 34.0 Å². The molecule has 0 bridgehead atoms. The number of fused-ring (bicyclic) bond motifs is 1. The third-order valence-electron chi connectivity index (χ3n) is 3.61. The van der Waals surface area contributed by atoms with Crippen LogP contribution in [-0.4, -0.2) is 20.2 Å². The second-order valence-corrected chi connectivity index (χ2v) is 5.45. The molecule has 2 heterocycles. The van der Waals surface area contributed by atoms with Gasteiger partial charge in [0.15, 0.2) is 0 Å². The molecule has 6 heteroatoms. The minimum absolute atomic E-state index is 0.213. The molecular formula is C15H12ClN5. The van der Waals surface area contributed by atoms with Gasteiger partial charge in [0.25, 0.3) is 0 Å². The molecule has 0 radical (unpaired) electrons. The molecule has 1 aliphatic rings. The summed E-state index contributed by atoms with van der Waals surface area (Å²) in [4.78, 5) is 8.02. The van der Waals surface area contributed by atoms with Crippen LogP contribution in [0.3, 0.4) is 0 Å². The Balaban J connectivity index is 1.80. The standard InChI is InChI=1S/C15H12ClN5/c16-15-17-7-6-13(20-15)19-12-8-18-21-14-10(9-4-5-9)2-1-3-11(12)14/h1-3,6-9H,4-5H2,(H,17,19,20,21). The van der Waals surface area contributed by atoms with Gasteiger partial charge in [-0.15, -0.1) is 0 Å². The fourth-order valence-electron chi connectivity index (χ4n) is 2.47. The van der Waals surface area contributed by atoms with E-state index in [0.717, 1.165) is 16.6 Å². The van der Waals surface area contributed by atoms with Gasteiger partial charge >= 0.3 is 0 Å². The molecule has 4 rings (SSSR count).